The van der Waals surface area contributed by atoms with E-state index in [2.05, 4.69) is 4.98 Å². The number of aldehydes is 1. The Morgan fingerprint density at radius 2 is 2.12 bits per heavy atom. The highest BCUT2D eigenvalue weighted by Gasteiger charge is 2.03. The molecule has 17 heavy (non-hydrogen) atoms. The quantitative estimate of drug-likeness (QED) is 0.458. The standard InChI is InChI=1S/C14H12ClNO/c1-9-3-4-11-7-12(5-10(2)8-17)14(15)16-13(11)6-9/h3-8H,1-2H3. The Balaban J connectivity index is 2.63. The molecule has 0 aliphatic carbocycles. The number of fused-ring (bicyclic) bond motifs is 1. The summed E-state index contributed by atoms with van der Waals surface area (Å²) in [6, 6.07) is 7.96. The molecule has 2 aromatic rings. The fraction of sp³-hybridized carbons (Fsp3) is 0.143. The van der Waals surface area contributed by atoms with Crippen LogP contribution in [0.25, 0.3) is 17.0 Å². The zero-order valence-corrected chi connectivity index (χ0v) is 10.5. The number of carbonyl (C=O) groups is 1. The monoisotopic (exact) mass is 245 g/mol. The summed E-state index contributed by atoms with van der Waals surface area (Å²) < 4.78 is 0. The van der Waals surface area contributed by atoms with Crippen LogP contribution >= 0.6 is 11.6 Å². The number of carbonyl (C=O) groups excluding carboxylic acids is 1. The van der Waals surface area contributed by atoms with E-state index in [1.807, 2.05) is 31.2 Å². The fourth-order valence-corrected chi connectivity index (χ4v) is 1.85. The topological polar surface area (TPSA) is 30.0 Å². The van der Waals surface area contributed by atoms with Crippen molar-refractivity contribution in [1.29, 1.82) is 0 Å². The molecular formula is C14H12ClNO. The molecular weight excluding hydrogens is 234 g/mol. The molecule has 0 radical (unpaired) electrons. The van der Waals surface area contributed by atoms with Gasteiger partial charge >= 0.3 is 0 Å². The van der Waals surface area contributed by atoms with Gasteiger partial charge in [-0.1, -0.05) is 23.7 Å². The average molecular weight is 246 g/mol. The molecule has 86 valence electrons. The van der Waals surface area contributed by atoms with E-state index in [1.54, 1.807) is 13.0 Å². The second-order valence-electron chi connectivity index (χ2n) is 4.07. The van der Waals surface area contributed by atoms with Crippen molar-refractivity contribution in [2.45, 2.75) is 13.8 Å². The lowest BCUT2D eigenvalue weighted by Gasteiger charge is -2.03. The molecule has 0 fully saturated rings. The number of hydrogen-bond donors (Lipinski definition) is 0. The van der Waals surface area contributed by atoms with Crippen LogP contribution in [-0.4, -0.2) is 11.3 Å². The van der Waals surface area contributed by atoms with Crippen molar-refractivity contribution in [2.75, 3.05) is 0 Å². The van der Waals surface area contributed by atoms with Gasteiger partial charge in [0.25, 0.3) is 0 Å². The highest BCUT2D eigenvalue weighted by atomic mass is 35.5. The second kappa shape index (κ2) is 4.68. The summed E-state index contributed by atoms with van der Waals surface area (Å²) >= 11 is 6.08. The normalized spacial score (nSPS) is 11.8. The van der Waals surface area contributed by atoms with Crippen LogP contribution in [0.3, 0.4) is 0 Å². The molecule has 0 aliphatic rings. The Morgan fingerprint density at radius 3 is 2.82 bits per heavy atom. The fourth-order valence-electron chi connectivity index (χ4n) is 1.65. The van der Waals surface area contributed by atoms with Crippen molar-refractivity contribution in [2.24, 2.45) is 0 Å². The summed E-state index contributed by atoms with van der Waals surface area (Å²) in [4.78, 5) is 14.9. The molecule has 0 unspecified atom stereocenters. The summed E-state index contributed by atoms with van der Waals surface area (Å²) in [6.45, 7) is 3.75. The van der Waals surface area contributed by atoms with E-state index >= 15 is 0 Å². The summed E-state index contributed by atoms with van der Waals surface area (Å²) in [5, 5.41) is 1.44. The van der Waals surface area contributed by atoms with Crippen LogP contribution in [0.1, 0.15) is 18.1 Å². The number of halogens is 1. The first-order chi connectivity index (χ1) is 8.10. The van der Waals surface area contributed by atoms with Crippen molar-refractivity contribution < 1.29 is 4.79 Å². The summed E-state index contributed by atoms with van der Waals surface area (Å²) in [5.41, 5.74) is 3.41. The molecule has 0 amide bonds. The maximum atomic E-state index is 10.6. The van der Waals surface area contributed by atoms with Crippen LogP contribution < -0.4 is 0 Å². The number of aromatic nitrogens is 1. The molecule has 0 saturated carbocycles. The largest absolute Gasteiger partial charge is 0.298 e. The Bertz CT molecular complexity index is 617. The molecule has 0 aliphatic heterocycles. The van der Waals surface area contributed by atoms with E-state index in [-0.39, 0.29) is 0 Å². The van der Waals surface area contributed by atoms with Crippen molar-refractivity contribution in [3.05, 3.63) is 46.1 Å². The Hall–Kier alpha value is -1.67. The van der Waals surface area contributed by atoms with Gasteiger partial charge in [-0.05, 0) is 43.2 Å². The van der Waals surface area contributed by atoms with E-state index in [4.69, 9.17) is 11.6 Å². The average Bonchev–Trinajstić information content (AvgIpc) is 2.30. The van der Waals surface area contributed by atoms with Crippen LogP contribution in [0.5, 0.6) is 0 Å². The van der Waals surface area contributed by atoms with Crippen molar-refractivity contribution in [3.8, 4) is 0 Å². The highest BCUT2D eigenvalue weighted by Crippen LogP contribution is 2.23. The van der Waals surface area contributed by atoms with Gasteiger partial charge in [0.2, 0.25) is 0 Å². The summed E-state index contributed by atoms with van der Waals surface area (Å²) in [7, 11) is 0. The van der Waals surface area contributed by atoms with Gasteiger partial charge in [-0.3, -0.25) is 4.79 Å². The zero-order valence-electron chi connectivity index (χ0n) is 9.70. The van der Waals surface area contributed by atoms with Gasteiger partial charge in [-0.2, -0.15) is 0 Å². The molecule has 0 spiro atoms. The van der Waals surface area contributed by atoms with Gasteiger partial charge in [0, 0.05) is 10.9 Å². The second-order valence-corrected chi connectivity index (χ2v) is 4.43. The van der Waals surface area contributed by atoms with E-state index in [0.717, 1.165) is 28.3 Å². The molecule has 0 saturated heterocycles. The van der Waals surface area contributed by atoms with Gasteiger partial charge in [0.1, 0.15) is 11.4 Å². The molecule has 3 heteroatoms. The third-order valence-electron chi connectivity index (χ3n) is 2.52. The van der Waals surface area contributed by atoms with Gasteiger partial charge in [0.05, 0.1) is 5.52 Å². The molecule has 0 N–H and O–H groups in total. The van der Waals surface area contributed by atoms with Crippen LogP contribution in [0.2, 0.25) is 5.15 Å². The molecule has 1 aromatic heterocycles. The number of hydrogen-bond acceptors (Lipinski definition) is 2. The molecule has 1 aromatic carbocycles. The van der Waals surface area contributed by atoms with Crippen LogP contribution in [0, 0.1) is 6.92 Å². The lowest BCUT2D eigenvalue weighted by atomic mass is 10.1. The molecule has 0 atom stereocenters. The zero-order chi connectivity index (χ0) is 12.4. The number of aryl methyl sites for hydroxylation is 1. The number of nitrogens with zero attached hydrogens (tertiary/aromatic N) is 1. The van der Waals surface area contributed by atoms with Crippen molar-refractivity contribution in [1.82, 2.24) is 4.98 Å². The minimum atomic E-state index is 0.421. The predicted molar refractivity (Wildman–Crippen MR) is 71.2 cm³/mol. The molecule has 2 nitrogen and oxygen atoms in total. The number of rotatable bonds is 2. The summed E-state index contributed by atoms with van der Waals surface area (Å²) in [5.74, 6) is 0. The van der Waals surface area contributed by atoms with Gasteiger partial charge in [-0.25, -0.2) is 4.98 Å². The van der Waals surface area contributed by atoms with Gasteiger partial charge in [0.15, 0.2) is 0 Å². The SMILES string of the molecule is CC(C=O)=Cc1cc2ccc(C)cc2nc1Cl. The lowest BCUT2D eigenvalue weighted by Crippen LogP contribution is -1.87. The van der Waals surface area contributed by atoms with Crippen molar-refractivity contribution in [3.63, 3.8) is 0 Å². The number of allylic oxidation sites excluding steroid dienone is 1. The van der Waals surface area contributed by atoms with Gasteiger partial charge < -0.3 is 0 Å². The molecule has 1 heterocycles. The first-order valence-corrected chi connectivity index (χ1v) is 5.68. The number of pyridine rings is 1. The van der Waals surface area contributed by atoms with Gasteiger partial charge in [-0.15, -0.1) is 0 Å². The molecule has 2 rings (SSSR count). The maximum Gasteiger partial charge on any atom is 0.145 e. The minimum Gasteiger partial charge on any atom is -0.298 e. The lowest BCUT2D eigenvalue weighted by molar-refractivity contribution is -0.104. The van der Waals surface area contributed by atoms with Crippen LogP contribution in [-0.2, 0) is 4.79 Å². The smallest absolute Gasteiger partial charge is 0.145 e. The Morgan fingerprint density at radius 1 is 1.35 bits per heavy atom. The third-order valence-corrected chi connectivity index (χ3v) is 2.83. The first-order valence-electron chi connectivity index (χ1n) is 5.30. The molecule has 0 bridgehead atoms. The highest BCUT2D eigenvalue weighted by molar-refractivity contribution is 6.31. The Labute approximate surface area is 105 Å². The van der Waals surface area contributed by atoms with E-state index in [9.17, 15) is 4.79 Å². The minimum absolute atomic E-state index is 0.421. The maximum absolute atomic E-state index is 10.6. The number of benzene rings is 1. The Kier molecular flexibility index (Phi) is 3.25. The third kappa shape index (κ3) is 2.53. The van der Waals surface area contributed by atoms with E-state index in [1.165, 1.54) is 0 Å². The van der Waals surface area contributed by atoms with Crippen LogP contribution in [0.4, 0.5) is 0 Å². The van der Waals surface area contributed by atoms with Crippen LogP contribution in [0.15, 0.2) is 29.8 Å². The van der Waals surface area contributed by atoms with E-state index < -0.39 is 0 Å². The van der Waals surface area contributed by atoms with E-state index in [0.29, 0.717) is 10.7 Å². The summed E-state index contributed by atoms with van der Waals surface area (Å²) in [6.07, 6.45) is 2.54. The predicted octanol–water partition coefficient (Wildman–Crippen LogP) is 3.80. The first kappa shape index (κ1) is 11.8. The van der Waals surface area contributed by atoms with Crippen molar-refractivity contribution >= 4 is 34.9 Å².